The average Bonchev–Trinajstić information content (AvgIpc) is 3.02. The van der Waals surface area contributed by atoms with E-state index in [-0.39, 0.29) is 0 Å². The van der Waals surface area contributed by atoms with Gasteiger partial charge in [-0.1, -0.05) is 52.0 Å². The average molecular weight is 389 g/mol. The quantitative estimate of drug-likeness (QED) is 0.553. The smallest absolute Gasteiger partial charge is 0.256 e. The molecule has 0 bridgehead atoms. The molecule has 23 heavy (non-hydrogen) atoms. The van der Waals surface area contributed by atoms with Gasteiger partial charge in [0.15, 0.2) is 0 Å². The van der Waals surface area contributed by atoms with Gasteiger partial charge in [0.1, 0.15) is 5.76 Å². The fraction of sp³-hybridized carbons (Fsp3) is 0.167. The molecule has 0 amide bonds. The van der Waals surface area contributed by atoms with E-state index in [1.54, 1.807) is 18.0 Å². The van der Waals surface area contributed by atoms with Crippen LogP contribution in [-0.4, -0.2) is 4.98 Å². The van der Waals surface area contributed by atoms with Crippen molar-refractivity contribution in [3.8, 4) is 0 Å². The molecule has 0 aliphatic carbocycles. The van der Waals surface area contributed by atoms with Crippen LogP contribution < -0.4 is 5.32 Å². The standard InChI is InChI=1S/C18H17BrN2OS/c1-13-4-2-3-5-14(13)12-23-18-21-11-17(22-18)10-20-16-8-6-15(19)7-9-16/h2-9,11,20H,10,12H2,1H3. The van der Waals surface area contributed by atoms with Gasteiger partial charge < -0.3 is 9.73 Å². The molecule has 0 aliphatic heterocycles. The molecule has 1 aromatic heterocycles. The van der Waals surface area contributed by atoms with Crippen molar-refractivity contribution in [2.45, 2.75) is 24.4 Å². The maximum Gasteiger partial charge on any atom is 0.256 e. The summed E-state index contributed by atoms with van der Waals surface area (Å²) in [7, 11) is 0. The minimum Gasteiger partial charge on any atom is -0.435 e. The molecule has 118 valence electrons. The Morgan fingerprint density at radius 1 is 1.13 bits per heavy atom. The number of halogens is 1. The molecule has 0 radical (unpaired) electrons. The number of benzene rings is 2. The SMILES string of the molecule is Cc1ccccc1CSc1ncc(CNc2ccc(Br)cc2)o1. The Balaban J connectivity index is 1.53. The number of nitrogens with zero attached hydrogens (tertiary/aromatic N) is 1. The van der Waals surface area contributed by atoms with Crippen molar-refractivity contribution in [2.75, 3.05) is 5.32 Å². The van der Waals surface area contributed by atoms with E-state index in [0.717, 1.165) is 21.7 Å². The van der Waals surface area contributed by atoms with Crippen molar-refractivity contribution in [1.29, 1.82) is 0 Å². The van der Waals surface area contributed by atoms with Crippen molar-refractivity contribution in [1.82, 2.24) is 4.98 Å². The van der Waals surface area contributed by atoms with Crippen molar-refractivity contribution in [2.24, 2.45) is 0 Å². The Hall–Kier alpha value is -1.72. The third-order valence-corrected chi connectivity index (χ3v) is 4.88. The van der Waals surface area contributed by atoms with Gasteiger partial charge in [0, 0.05) is 15.9 Å². The Labute approximate surface area is 148 Å². The predicted octanol–water partition coefficient (Wildman–Crippen LogP) is 5.65. The minimum absolute atomic E-state index is 0.625. The van der Waals surface area contributed by atoms with Gasteiger partial charge in [-0.15, -0.1) is 0 Å². The summed E-state index contributed by atoms with van der Waals surface area (Å²) in [4.78, 5) is 4.34. The number of aromatic nitrogens is 1. The van der Waals surface area contributed by atoms with Gasteiger partial charge in [0.2, 0.25) is 0 Å². The second-order valence-electron chi connectivity index (χ2n) is 5.17. The molecule has 0 unspecified atom stereocenters. The first-order valence-electron chi connectivity index (χ1n) is 7.32. The van der Waals surface area contributed by atoms with E-state index in [0.29, 0.717) is 11.8 Å². The zero-order valence-corrected chi connectivity index (χ0v) is 15.2. The van der Waals surface area contributed by atoms with Gasteiger partial charge in [-0.3, -0.25) is 0 Å². The van der Waals surface area contributed by atoms with Crippen LogP contribution in [0, 0.1) is 6.92 Å². The highest BCUT2D eigenvalue weighted by molar-refractivity contribution is 9.10. The van der Waals surface area contributed by atoms with Crippen molar-refractivity contribution >= 4 is 33.4 Å². The number of nitrogens with one attached hydrogen (secondary N) is 1. The molecule has 5 heteroatoms. The van der Waals surface area contributed by atoms with Gasteiger partial charge >= 0.3 is 0 Å². The molecule has 0 fully saturated rings. The molecule has 1 N–H and O–H groups in total. The van der Waals surface area contributed by atoms with Gasteiger partial charge in [-0.05, 0) is 42.3 Å². The Kier molecular flexibility index (Phi) is 5.41. The zero-order valence-electron chi connectivity index (χ0n) is 12.8. The maximum absolute atomic E-state index is 5.77. The van der Waals surface area contributed by atoms with E-state index in [4.69, 9.17) is 4.42 Å². The minimum atomic E-state index is 0.625. The number of aryl methyl sites for hydroxylation is 1. The van der Waals surface area contributed by atoms with Crippen LogP contribution in [0.25, 0.3) is 0 Å². The van der Waals surface area contributed by atoms with Crippen molar-refractivity contribution < 1.29 is 4.42 Å². The highest BCUT2D eigenvalue weighted by Crippen LogP contribution is 2.24. The maximum atomic E-state index is 5.77. The summed E-state index contributed by atoms with van der Waals surface area (Å²) in [6.07, 6.45) is 1.78. The van der Waals surface area contributed by atoms with E-state index in [2.05, 4.69) is 57.4 Å². The molecule has 0 spiro atoms. The second kappa shape index (κ2) is 7.70. The van der Waals surface area contributed by atoms with Crippen LogP contribution in [0.1, 0.15) is 16.9 Å². The van der Waals surface area contributed by atoms with E-state index in [1.807, 2.05) is 24.3 Å². The molecule has 2 aromatic carbocycles. The molecule has 3 rings (SSSR count). The normalized spacial score (nSPS) is 10.7. The predicted molar refractivity (Wildman–Crippen MR) is 98.7 cm³/mol. The lowest BCUT2D eigenvalue weighted by molar-refractivity contribution is 0.421. The van der Waals surface area contributed by atoms with E-state index < -0.39 is 0 Å². The first-order valence-corrected chi connectivity index (χ1v) is 9.10. The second-order valence-corrected chi connectivity index (χ2v) is 7.01. The third kappa shape index (κ3) is 4.62. The monoisotopic (exact) mass is 388 g/mol. The molecular formula is C18H17BrN2OS. The highest BCUT2D eigenvalue weighted by atomic mass is 79.9. The van der Waals surface area contributed by atoms with Crippen molar-refractivity contribution in [3.05, 3.63) is 76.1 Å². The molecule has 0 atom stereocenters. The molecule has 0 aliphatic rings. The van der Waals surface area contributed by atoms with Gasteiger partial charge in [0.05, 0.1) is 12.7 Å². The number of hydrogen-bond acceptors (Lipinski definition) is 4. The number of rotatable bonds is 6. The number of oxazole rings is 1. The molecular weight excluding hydrogens is 372 g/mol. The van der Waals surface area contributed by atoms with Crippen LogP contribution in [0.5, 0.6) is 0 Å². The van der Waals surface area contributed by atoms with Crippen LogP contribution in [0.3, 0.4) is 0 Å². The summed E-state index contributed by atoms with van der Waals surface area (Å²) in [5.74, 6) is 1.70. The summed E-state index contributed by atoms with van der Waals surface area (Å²) >= 11 is 5.05. The molecule has 1 heterocycles. The lowest BCUT2D eigenvalue weighted by atomic mass is 10.1. The first-order chi connectivity index (χ1) is 11.2. The highest BCUT2D eigenvalue weighted by Gasteiger charge is 2.06. The lowest BCUT2D eigenvalue weighted by Gasteiger charge is -2.04. The molecule has 0 saturated carbocycles. The first kappa shape index (κ1) is 16.1. The summed E-state index contributed by atoms with van der Waals surface area (Å²) in [6.45, 7) is 2.75. The fourth-order valence-electron chi connectivity index (χ4n) is 2.11. The number of thioether (sulfide) groups is 1. The number of hydrogen-bond donors (Lipinski definition) is 1. The van der Waals surface area contributed by atoms with Crippen LogP contribution in [0.4, 0.5) is 5.69 Å². The summed E-state index contributed by atoms with van der Waals surface area (Å²) in [5, 5.41) is 4.03. The van der Waals surface area contributed by atoms with Crippen molar-refractivity contribution in [3.63, 3.8) is 0 Å². The summed E-state index contributed by atoms with van der Waals surface area (Å²) in [6, 6.07) is 16.4. The van der Waals surface area contributed by atoms with E-state index in [9.17, 15) is 0 Å². The van der Waals surface area contributed by atoms with Gasteiger partial charge in [-0.2, -0.15) is 0 Å². The molecule has 3 nitrogen and oxygen atoms in total. The lowest BCUT2D eigenvalue weighted by Crippen LogP contribution is -1.97. The topological polar surface area (TPSA) is 38.1 Å². The van der Waals surface area contributed by atoms with Crippen LogP contribution in [-0.2, 0) is 12.3 Å². The van der Waals surface area contributed by atoms with E-state index in [1.165, 1.54) is 11.1 Å². The third-order valence-electron chi connectivity index (χ3n) is 3.46. The Morgan fingerprint density at radius 2 is 1.91 bits per heavy atom. The Morgan fingerprint density at radius 3 is 2.70 bits per heavy atom. The van der Waals surface area contributed by atoms with Crippen LogP contribution >= 0.6 is 27.7 Å². The van der Waals surface area contributed by atoms with E-state index >= 15 is 0 Å². The van der Waals surface area contributed by atoms with Gasteiger partial charge in [-0.25, -0.2) is 4.98 Å². The fourth-order valence-corrected chi connectivity index (χ4v) is 3.27. The largest absolute Gasteiger partial charge is 0.435 e. The Bertz CT molecular complexity index is 771. The van der Waals surface area contributed by atoms with Crippen LogP contribution in [0.15, 0.2) is 68.8 Å². The summed E-state index contributed by atoms with van der Waals surface area (Å²) in [5.41, 5.74) is 3.66. The van der Waals surface area contributed by atoms with Crippen LogP contribution in [0.2, 0.25) is 0 Å². The number of anilines is 1. The summed E-state index contributed by atoms with van der Waals surface area (Å²) < 4.78 is 6.84. The zero-order chi connectivity index (χ0) is 16.1. The molecule has 0 saturated heterocycles. The molecule has 3 aromatic rings. The van der Waals surface area contributed by atoms with Gasteiger partial charge in [0.25, 0.3) is 5.22 Å².